The van der Waals surface area contributed by atoms with Crippen LogP contribution in [0.4, 0.5) is 13.2 Å². The predicted octanol–water partition coefficient (Wildman–Crippen LogP) is 2.55. The van der Waals surface area contributed by atoms with Gasteiger partial charge in [0.1, 0.15) is 0 Å². The molecule has 0 saturated carbocycles. The van der Waals surface area contributed by atoms with E-state index in [0.717, 1.165) is 12.1 Å². The Morgan fingerprint density at radius 2 is 2.15 bits per heavy atom. The van der Waals surface area contributed by atoms with Crippen LogP contribution >= 0.6 is 0 Å². The number of halogens is 3. The van der Waals surface area contributed by atoms with Crippen LogP contribution in [0.15, 0.2) is 24.3 Å². The van der Waals surface area contributed by atoms with Crippen molar-refractivity contribution in [1.29, 1.82) is 0 Å². The quantitative estimate of drug-likeness (QED) is 0.908. The molecule has 1 aromatic rings. The number of hydrogen-bond donors (Lipinski definition) is 1. The SMILES string of the molecule is CC(O)C1CCN(C(=O)c2cccc(C(F)(F)F)c2)C1. The fourth-order valence-corrected chi connectivity index (χ4v) is 2.38. The average molecular weight is 287 g/mol. The molecule has 0 radical (unpaired) electrons. The highest BCUT2D eigenvalue weighted by Crippen LogP contribution is 2.30. The maximum atomic E-state index is 12.6. The van der Waals surface area contributed by atoms with E-state index < -0.39 is 23.8 Å². The number of likely N-dealkylation sites (tertiary alicyclic amines) is 1. The second-order valence-electron chi connectivity index (χ2n) is 5.12. The van der Waals surface area contributed by atoms with Gasteiger partial charge in [0.25, 0.3) is 5.91 Å². The number of aliphatic hydroxyl groups excluding tert-OH is 1. The van der Waals surface area contributed by atoms with Crippen molar-refractivity contribution in [3.63, 3.8) is 0 Å². The average Bonchev–Trinajstić information content (AvgIpc) is 2.87. The lowest BCUT2D eigenvalue weighted by Crippen LogP contribution is -2.30. The van der Waals surface area contributed by atoms with E-state index in [2.05, 4.69) is 0 Å². The largest absolute Gasteiger partial charge is 0.416 e. The summed E-state index contributed by atoms with van der Waals surface area (Å²) in [6.45, 7) is 2.50. The van der Waals surface area contributed by atoms with Crippen molar-refractivity contribution in [2.45, 2.75) is 25.6 Å². The van der Waals surface area contributed by atoms with Crippen LogP contribution in [0.5, 0.6) is 0 Å². The lowest BCUT2D eigenvalue weighted by atomic mass is 10.0. The fraction of sp³-hybridized carbons (Fsp3) is 0.500. The van der Waals surface area contributed by atoms with Gasteiger partial charge in [-0.1, -0.05) is 6.07 Å². The molecule has 2 atom stereocenters. The standard InChI is InChI=1S/C14H16F3NO2/c1-9(19)11-5-6-18(8-11)13(20)10-3-2-4-12(7-10)14(15,16)17/h2-4,7,9,11,19H,5-6,8H2,1H3. The molecule has 1 aliphatic heterocycles. The maximum Gasteiger partial charge on any atom is 0.416 e. The Balaban J connectivity index is 2.14. The van der Waals surface area contributed by atoms with E-state index in [1.165, 1.54) is 17.0 Å². The maximum absolute atomic E-state index is 12.6. The molecule has 0 aromatic heterocycles. The van der Waals surface area contributed by atoms with Crippen LogP contribution in [0.25, 0.3) is 0 Å². The number of carbonyl (C=O) groups excluding carboxylic acids is 1. The van der Waals surface area contributed by atoms with Crippen LogP contribution in [0.2, 0.25) is 0 Å². The molecule has 1 heterocycles. The number of hydrogen-bond acceptors (Lipinski definition) is 2. The molecule has 20 heavy (non-hydrogen) atoms. The lowest BCUT2D eigenvalue weighted by molar-refractivity contribution is -0.137. The van der Waals surface area contributed by atoms with Crippen molar-refractivity contribution in [3.05, 3.63) is 35.4 Å². The Morgan fingerprint density at radius 1 is 1.45 bits per heavy atom. The van der Waals surface area contributed by atoms with Gasteiger partial charge in [0, 0.05) is 24.6 Å². The highest BCUT2D eigenvalue weighted by Gasteiger charge is 2.33. The topological polar surface area (TPSA) is 40.5 Å². The molecule has 2 unspecified atom stereocenters. The normalized spacial score (nSPS) is 21.1. The molecule has 110 valence electrons. The fourth-order valence-electron chi connectivity index (χ4n) is 2.38. The molecule has 3 nitrogen and oxygen atoms in total. The highest BCUT2D eigenvalue weighted by atomic mass is 19.4. The molecule has 1 N–H and O–H groups in total. The Bertz CT molecular complexity index is 499. The van der Waals surface area contributed by atoms with Crippen molar-refractivity contribution in [2.24, 2.45) is 5.92 Å². The molecular weight excluding hydrogens is 271 g/mol. The van der Waals surface area contributed by atoms with Gasteiger partial charge < -0.3 is 10.0 Å². The van der Waals surface area contributed by atoms with Crippen LogP contribution in [0, 0.1) is 5.92 Å². The van der Waals surface area contributed by atoms with E-state index in [9.17, 15) is 23.1 Å². The van der Waals surface area contributed by atoms with Gasteiger partial charge in [0.15, 0.2) is 0 Å². The Morgan fingerprint density at radius 3 is 2.70 bits per heavy atom. The van der Waals surface area contributed by atoms with Crippen molar-refractivity contribution < 1.29 is 23.1 Å². The van der Waals surface area contributed by atoms with Crippen LogP contribution < -0.4 is 0 Å². The zero-order valence-corrected chi connectivity index (χ0v) is 11.0. The second-order valence-corrected chi connectivity index (χ2v) is 5.12. The molecule has 1 amide bonds. The van der Waals surface area contributed by atoms with Crippen LogP contribution in [0.3, 0.4) is 0 Å². The first-order chi connectivity index (χ1) is 9.29. The number of amides is 1. The Hall–Kier alpha value is -1.56. The number of rotatable bonds is 2. The molecule has 0 spiro atoms. The van der Waals surface area contributed by atoms with E-state index in [0.29, 0.717) is 19.5 Å². The molecule has 0 aliphatic carbocycles. The summed E-state index contributed by atoms with van der Waals surface area (Å²) in [4.78, 5) is 13.7. The second kappa shape index (κ2) is 5.44. The molecule has 1 fully saturated rings. The van der Waals surface area contributed by atoms with E-state index >= 15 is 0 Å². The summed E-state index contributed by atoms with van der Waals surface area (Å²) in [7, 11) is 0. The summed E-state index contributed by atoms with van der Waals surface area (Å²) in [6.07, 6.45) is -4.31. The Kier molecular flexibility index (Phi) is 4.04. The molecule has 6 heteroatoms. The molecule has 2 rings (SSSR count). The molecule has 1 aromatic carbocycles. The van der Waals surface area contributed by atoms with Gasteiger partial charge in [-0.3, -0.25) is 4.79 Å². The first-order valence-electron chi connectivity index (χ1n) is 6.43. The van der Waals surface area contributed by atoms with Gasteiger partial charge in [-0.2, -0.15) is 13.2 Å². The van der Waals surface area contributed by atoms with Crippen molar-refractivity contribution in [3.8, 4) is 0 Å². The zero-order chi connectivity index (χ0) is 14.9. The van der Waals surface area contributed by atoms with Crippen molar-refractivity contribution >= 4 is 5.91 Å². The third-order valence-corrected chi connectivity index (χ3v) is 3.63. The third kappa shape index (κ3) is 3.12. The summed E-state index contributed by atoms with van der Waals surface area (Å²) in [5.74, 6) is -0.427. The molecule has 1 saturated heterocycles. The number of nitrogens with zero attached hydrogens (tertiary/aromatic N) is 1. The minimum atomic E-state index is -4.45. The van der Waals surface area contributed by atoms with Gasteiger partial charge in [-0.25, -0.2) is 0 Å². The van der Waals surface area contributed by atoms with Crippen LogP contribution in [0.1, 0.15) is 29.3 Å². The van der Waals surface area contributed by atoms with Crippen LogP contribution in [-0.4, -0.2) is 35.1 Å². The number of alkyl halides is 3. The number of carbonyl (C=O) groups is 1. The molecule has 0 bridgehead atoms. The van der Waals surface area contributed by atoms with Gasteiger partial charge >= 0.3 is 6.18 Å². The predicted molar refractivity (Wildman–Crippen MR) is 67.1 cm³/mol. The van der Waals surface area contributed by atoms with E-state index in [-0.39, 0.29) is 11.5 Å². The van der Waals surface area contributed by atoms with Gasteiger partial charge in [0.05, 0.1) is 11.7 Å². The smallest absolute Gasteiger partial charge is 0.393 e. The third-order valence-electron chi connectivity index (χ3n) is 3.63. The van der Waals surface area contributed by atoms with Crippen molar-refractivity contribution in [1.82, 2.24) is 4.90 Å². The minimum Gasteiger partial charge on any atom is -0.393 e. The Labute approximate surface area is 115 Å². The summed E-state index contributed by atoms with van der Waals surface area (Å²) >= 11 is 0. The van der Waals surface area contributed by atoms with Crippen molar-refractivity contribution in [2.75, 3.05) is 13.1 Å². The van der Waals surface area contributed by atoms with E-state index in [1.54, 1.807) is 6.92 Å². The summed E-state index contributed by atoms with van der Waals surface area (Å²) in [5, 5.41) is 9.49. The van der Waals surface area contributed by atoms with Gasteiger partial charge in [-0.15, -0.1) is 0 Å². The van der Waals surface area contributed by atoms with E-state index in [4.69, 9.17) is 0 Å². The monoisotopic (exact) mass is 287 g/mol. The first-order valence-corrected chi connectivity index (χ1v) is 6.43. The first kappa shape index (κ1) is 14.8. The molecular formula is C14H16F3NO2. The molecule has 1 aliphatic rings. The van der Waals surface area contributed by atoms with Gasteiger partial charge in [0.2, 0.25) is 0 Å². The summed E-state index contributed by atoms with van der Waals surface area (Å²) in [5.41, 5.74) is -0.791. The van der Waals surface area contributed by atoms with Gasteiger partial charge in [-0.05, 0) is 31.5 Å². The number of benzene rings is 1. The van der Waals surface area contributed by atoms with E-state index in [1.807, 2.05) is 0 Å². The summed E-state index contributed by atoms with van der Waals surface area (Å²) in [6, 6.07) is 4.43. The highest BCUT2D eigenvalue weighted by molar-refractivity contribution is 5.94. The number of aliphatic hydroxyl groups is 1. The van der Waals surface area contributed by atoms with Crippen LogP contribution in [-0.2, 0) is 6.18 Å². The lowest BCUT2D eigenvalue weighted by Gasteiger charge is -2.18. The minimum absolute atomic E-state index is 0.00949. The zero-order valence-electron chi connectivity index (χ0n) is 11.0. The summed E-state index contributed by atoms with van der Waals surface area (Å²) < 4.78 is 37.9.